The fourth-order valence-corrected chi connectivity index (χ4v) is 1.65. The average Bonchev–Trinajstić information content (AvgIpc) is 2.37. The quantitative estimate of drug-likeness (QED) is 0.617. The molecule has 2 rings (SSSR count). The number of aromatic nitrogens is 2. The second-order valence-electron chi connectivity index (χ2n) is 3.72. The van der Waals surface area contributed by atoms with E-state index in [1.54, 1.807) is 18.6 Å². The summed E-state index contributed by atoms with van der Waals surface area (Å²) < 4.78 is 13.1. The summed E-state index contributed by atoms with van der Waals surface area (Å²) in [4.78, 5) is 7.83. The highest BCUT2D eigenvalue weighted by atomic mass is 19.1. The Balaban J connectivity index is 2.17. The van der Waals surface area contributed by atoms with E-state index in [-0.39, 0.29) is 11.9 Å². The van der Waals surface area contributed by atoms with Gasteiger partial charge in [0.05, 0.1) is 12.2 Å². The van der Waals surface area contributed by atoms with Gasteiger partial charge in [-0.15, -0.1) is 0 Å². The molecule has 0 fully saturated rings. The molecule has 5 heteroatoms. The standard InChI is InChI=1S/C12H13FN4/c13-11-5-10(7-16-8-11)12(17-14)4-9-2-1-3-15-6-9/h1-3,5-8,12,17H,4,14H2. The van der Waals surface area contributed by atoms with Crippen LogP contribution >= 0.6 is 0 Å². The van der Waals surface area contributed by atoms with Crippen LogP contribution in [0.15, 0.2) is 43.0 Å². The summed E-state index contributed by atoms with van der Waals surface area (Å²) in [6.07, 6.45) is 6.87. The fourth-order valence-electron chi connectivity index (χ4n) is 1.65. The number of hydrazine groups is 1. The Morgan fingerprint density at radius 1 is 1.29 bits per heavy atom. The van der Waals surface area contributed by atoms with Crippen molar-refractivity contribution < 1.29 is 4.39 Å². The first kappa shape index (κ1) is 11.6. The highest BCUT2D eigenvalue weighted by molar-refractivity contribution is 5.19. The zero-order valence-corrected chi connectivity index (χ0v) is 9.18. The monoisotopic (exact) mass is 232 g/mol. The van der Waals surface area contributed by atoms with Crippen LogP contribution < -0.4 is 11.3 Å². The third-order valence-electron chi connectivity index (χ3n) is 2.49. The highest BCUT2D eigenvalue weighted by Crippen LogP contribution is 2.16. The van der Waals surface area contributed by atoms with Gasteiger partial charge >= 0.3 is 0 Å². The van der Waals surface area contributed by atoms with E-state index in [0.29, 0.717) is 6.42 Å². The smallest absolute Gasteiger partial charge is 0.141 e. The van der Waals surface area contributed by atoms with Gasteiger partial charge in [0, 0.05) is 18.6 Å². The Bertz CT molecular complexity index is 475. The van der Waals surface area contributed by atoms with Gasteiger partial charge in [-0.3, -0.25) is 21.2 Å². The molecule has 0 aromatic carbocycles. The van der Waals surface area contributed by atoms with E-state index in [0.717, 1.165) is 11.1 Å². The van der Waals surface area contributed by atoms with Gasteiger partial charge < -0.3 is 0 Å². The maximum absolute atomic E-state index is 13.1. The number of hydrogen-bond acceptors (Lipinski definition) is 4. The van der Waals surface area contributed by atoms with Crippen LogP contribution in [0.2, 0.25) is 0 Å². The molecular weight excluding hydrogens is 219 g/mol. The third kappa shape index (κ3) is 3.05. The molecule has 1 atom stereocenters. The van der Waals surface area contributed by atoms with Crippen LogP contribution in [0.1, 0.15) is 17.2 Å². The van der Waals surface area contributed by atoms with Crippen LogP contribution in [-0.2, 0) is 6.42 Å². The molecule has 0 aliphatic rings. The minimum absolute atomic E-state index is 0.178. The number of hydrogen-bond donors (Lipinski definition) is 2. The molecule has 2 aromatic heterocycles. The number of pyridine rings is 2. The molecule has 0 radical (unpaired) electrons. The SMILES string of the molecule is NNC(Cc1cccnc1)c1cncc(F)c1. The van der Waals surface area contributed by atoms with Crippen molar-refractivity contribution in [2.24, 2.45) is 5.84 Å². The van der Waals surface area contributed by atoms with Crippen LogP contribution in [0.5, 0.6) is 0 Å². The van der Waals surface area contributed by atoms with E-state index in [2.05, 4.69) is 15.4 Å². The average molecular weight is 232 g/mol. The van der Waals surface area contributed by atoms with Gasteiger partial charge in [0.25, 0.3) is 0 Å². The lowest BCUT2D eigenvalue weighted by Crippen LogP contribution is -2.29. The molecule has 0 saturated carbocycles. The molecule has 0 amide bonds. The normalized spacial score (nSPS) is 12.4. The van der Waals surface area contributed by atoms with Crippen LogP contribution in [0.4, 0.5) is 4.39 Å². The van der Waals surface area contributed by atoms with Crippen LogP contribution in [0.3, 0.4) is 0 Å². The summed E-state index contributed by atoms with van der Waals surface area (Å²) in [7, 11) is 0. The molecular formula is C12H13FN4. The number of nitrogens with one attached hydrogen (secondary N) is 1. The van der Waals surface area contributed by atoms with Gasteiger partial charge in [-0.25, -0.2) is 4.39 Å². The van der Waals surface area contributed by atoms with E-state index < -0.39 is 0 Å². The molecule has 17 heavy (non-hydrogen) atoms. The predicted octanol–water partition coefficient (Wildman–Crippen LogP) is 1.36. The molecule has 0 saturated heterocycles. The third-order valence-corrected chi connectivity index (χ3v) is 2.49. The first-order valence-electron chi connectivity index (χ1n) is 5.25. The van der Waals surface area contributed by atoms with Crippen molar-refractivity contribution in [2.75, 3.05) is 0 Å². The summed E-state index contributed by atoms with van der Waals surface area (Å²) in [6, 6.07) is 5.05. The van der Waals surface area contributed by atoms with E-state index in [4.69, 9.17) is 5.84 Å². The summed E-state index contributed by atoms with van der Waals surface area (Å²) in [5, 5.41) is 0. The van der Waals surface area contributed by atoms with Gasteiger partial charge in [0.1, 0.15) is 5.82 Å². The zero-order chi connectivity index (χ0) is 12.1. The van der Waals surface area contributed by atoms with Crippen molar-refractivity contribution in [3.05, 3.63) is 59.9 Å². The van der Waals surface area contributed by atoms with Crippen molar-refractivity contribution in [1.82, 2.24) is 15.4 Å². The lowest BCUT2D eigenvalue weighted by Gasteiger charge is -2.15. The molecule has 0 spiro atoms. The van der Waals surface area contributed by atoms with E-state index >= 15 is 0 Å². The molecule has 4 nitrogen and oxygen atoms in total. The van der Waals surface area contributed by atoms with Crippen molar-refractivity contribution in [3.63, 3.8) is 0 Å². The second-order valence-corrected chi connectivity index (χ2v) is 3.72. The molecule has 2 aromatic rings. The Labute approximate surface area is 98.7 Å². The van der Waals surface area contributed by atoms with Crippen LogP contribution in [-0.4, -0.2) is 9.97 Å². The Morgan fingerprint density at radius 2 is 2.18 bits per heavy atom. The summed E-state index contributed by atoms with van der Waals surface area (Å²) in [5.74, 6) is 5.12. The topological polar surface area (TPSA) is 63.8 Å². The minimum atomic E-state index is -0.367. The van der Waals surface area contributed by atoms with Gasteiger partial charge in [0.2, 0.25) is 0 Å². The van der Waals surface area contributed by atoms with E-state index in [9.17, 15) is 4.39 Å². The molecule has 88 valence electrons. The minimum Gasteiger partial charge on any atom is -0.271 e. The molecule has 3 N–H and O–H groups in total. The van der Waals surface area contributed by atoms with E-state index in [1.807, 2.05) is 12.1 Å². The first-order chi connectivity index (χ1) is 8.29. The van der Waals surface area contributed by atoms with Crippen molar-refractivity contribution in [3.8, 4) is 0 Å². The maximum Gasteiger partial charge on any atom is 0.141 e. The molecule has 1 unspecified atom stereocenters. The van der Waals surface area contributed by atoms with Gasteiger partial charge in [0.15, 0.2) is 0 Å². The molecule has 0 aliphatic carbocycles. The lowest BCUT2D eigenvalue weighted by molar-refractivity contribution is 0.540. The first-order valence-corrected chi connectivity index (χ1v) is 5.25. The van der Waals surface area contributed by atoms with Crippen molar-refractivity contribution in [1.29, 1.82) is 0 Å². The predicted molar refractivity (Wildman–Crippen MR) is 62.2 cm³/mol. The largest absolute Gasteiger partial charge is 0.271 e. The zero-order valence-electron chi connectivity index (χ0n) is 9.18. The van der Waals surface area contributed by atoms with E-state index in [1.165, 1.54) is 12.3 Å². The fraction of sp³-hybridized carbons (Fsp3) is 0.167. The maximum atomic E-state index is 13.1. The molecule has 0 bridgehead atoms. The summed E-state index contributed by atoms with van der Waals surface area (Å²) >= 11 is 0. The van der Waals surface area contributed by atoms with Crippen LogP contribution in [0.25, 0.3) is 0 Å². The number of halogens is 1. The summed E-state index contributed by atoms with van der Waals surface area (Å²) in [5.41, 5.74) is 4.41. The number of rotatable bonds is 4. The van der Waals surface area contributed by atoms with Crippen molar-refractivity contribution in [2.45, 2.75) is 12.5 Å². The van der Waals surface area contributed by atoms with Gasteiger partial charge in [-0.2, -0.15) is 0 Å². The highest BCUT2D eigenvalue weighted by Gasteiger charge is 2.11. The van der Waals surface area contributed by atoms with Crippen LogP contribution in [0, 0.1) is 5.82 Å². The Morgan fingerprint density at radius 3 is 2.82 bits per heavy atom. The number of nitrogens with zero attached hydrogens (tertiary/aromatic N) is 2. The van der Waals surface area contributed by atoms with Gasteiger partial charge in [-0.05, 0) is 29.7 Å². The Hall–Kier alpha value is -1.85. The summed E-state index contributed by atoms with van der Waals surface area (Å²) in [6.45, 7) is 0. The second kappa shape index (κ2) is 5.47. The number of nitrogens with two attached hydrogens (primary N) is 1. The van der Waals surface area contributed by atoms with Crippen molar-refractivity contribution >= 4 is 0 Å². The molecule has 2 heterocycles. The molecule has 0 aliphatic heterocycles. The Kier molecular flexibility index (Phi) is 3.74. The lowest BCUT2D eigenvalue weighted by atomic mass is 10.0. The van der Waals surface area contributed by atoms with Gasteiger partial charge in [-0.1, -0.05) is 6.07 Å².